The molecule has 2 N–H and O–H groups in total. The third kappa shape index (κ3) is 2.70. The van der Waals surface area contributed by atoms with Gasteiger partial charge in [-0.15, -0.1) is 0 Å². The molecule has 3 heterocycles. The topological polar surface area (TPSA) is 71.8 Å². The van der Waals surface area contributed by atoms with Crippen molar-refractivity contribution in [1.82, 2.24) is 25.4 Å². The molecule has 1 aliphatic heterocycles. The van der Waals surface area contributed by atoms with Gasteiger partial charge in [0.1, 0.15) is 0 Å². The van der Waals surface area contributed by atoms with E-state index in [4.69, 9.17) is 0 Å². The Morgan fingerprint density at radius 2 is 2.41 bits per heavy atom. The number of fused-ring (bicyclic) bond motifs is 1. The minimum absolute atomic E-state index is 0.0344. The van der Waals surface area contributed by atoms with Crippen molar-refractivity contribution in [2.45, 2.75) is 45.7 Å². The number of amides is 1. The average molecular weight is 301 g/mol. The second-order valence-electron chi connectivity index (χ2n) is 6.06. The number of hydrogen-bond acceptors (Lipinski definition) is 4. The highest BCUT2D eigenvalue weighted by Gasteiger charge is 2.21. The summed E-state index contributed by atoms with van der Waals surface area (Å²) in [6.45, 7) is 7.95. The first-order chi connectivity index (χ1) is 10.6. The summed E-state index contributed by atoms with van der Waals surface area (Å²) in [4.78, 5) is 17.2. The maximum Gasteiger partial charge on any atom is 0.252 e. The van der Waals surface area contributed by atoms with Crippen molar-refractivity contribution >= 4 is 16.9 Å². The fourth-order valence-electron chi connectivity index (χ4n) is 2.87. The van der Waals surface area contributed by atoms with Crippen LogP contribution in [0.5, 0.6) is 0 Å². The molecule has 3 rings (SSSR count). The lowest BCUT2D eigenvalue weighted by Gasteiger charge is -2.13. The van der Waals surface area contributed by atoms with E-state index in [2.05, 4.69) is 34.6 Å². The number of nitrogens with one attached hydrogen (secondary N) is 2. The Morgan fingerprint density at radius 1 is 1.59 bits per heavy atom. The summed E-state index contributed by atoms with van der Waals surface area (Å²) < 4.78 is 1.91. The first-order valence-electron chi connectivity index (χ1n) is 7.96. The predicted molar refractivity (Wildman–Crippen MR) is 86.0 cm³/mol. The van der Waals surface area contributed by atoms with Crippen molar-refractivity contribution in [2.75, 3.05) is 13.1 Å². The van der Waals surface area contributed by atoms with E-state index in [1.165, 1.54) is 0 Å². The Kier molecular flexibility index (Phi) is 4.11. The molecule has 2 aromatic rings. The molecule has 6 heteroatoms. The highest BCUT2D eigenvalue weighted by atomic mass is 16.1. The van der Waals surface area contributed by atoms with Crippen LogP contribution in [0, 0.1) is 6.92 Å². The summed E-state index contributed by atoms with van der Waals surface area (Å²) >= 11 is 0. The zero-order valence-electron chi connectivity index (χ0n) is 13.4. The molecule has 0 bridgehead atoms. The van der Waals surface area contributed by atoms with Crippen LogP contribution < -0.4 is 10.6 Å². The predicted octanol–water partition coefficient (Wildman–Crippen LogP) is 1.80. The monoisotopic (exact) mass is 301 g/mol. The standard InChI is InChI=1S/C16H23N5O/c1-4-11(3)21-15-14(9-18-21)13(7-10(2)19-15)16(22)20-12-5-6-17-8-12/h7,9,11-12,17H,4-6,8H2,1-3H3,(H,20,22). The molecule has 0 spiro atoms. The van der Waals surface area contributed by atoms with Crippen LogP contribution >= 0.6 is 0 Å². The highest BCUT2D eigenvalue weighted by molar-refractivity contribution is 6.05. The van der Waals surface area contributed by atoms with E-state index < -0.39 is 0 Å². The summed E-state index contributed by atoms with van der Waals surface area (Å²) in [6.07, 6.45) is 3.71. The van der Waals surface area contributed by atoms with Crippen LogP contribution in [0.25, 0.3) is 11.0 Å². The normalized spacial score (nSPS) is 19.5. The Morgan fingerprint density at radius 3 is 3.09 bits per heavy atom. The fraction of sp³-hybridized carbons (Fsp3) is 0.562. The summed E-state index contributed by atoms with van der Waals surface area (Å²) in [5, 5.41) is 11.6. The van der Waals surface area contributed by atoms with Crippen molar-refractivity contribution < 1.29 is 4.79 Å². The molecule has 0 saturated carbocycles. The number of carbonyl (C=O) groups is 1. The molecule has 1 aliphatic rings. The largest absolute Gasteiger partial charge is 0.348 e. The molecule has 2 unspecified atom stereocenters. The first kappa shape index (κ1) is 15.0. The molecular weight excluding hydrogens is 278 g/mol. The van der Waals surface area contributed by atoms with Crippen LogP contribution in [-0.2, 0) is 0 Å². The van der Waals surface area contributed by atoms with Gasteiger partial charge in [0.15, 0.2) is 5.65 Å². The summed E-state index contributed by atoms with van der Waals surface area (Å²) in [5.74, 6) is -0.0344. The van der Waals surface area contributed by atoms with Gasteiger partial charge in [0.05, 0.1) is 23.2 Å². The van der Waals surface area contributed by atoms with E-state index in [0.717, 1.165) is 42.7 Å². The molecule has 1 saturated heterocycles. The van der Waals surface area contributed by atoms with Gasteiger partial charge < -0.3 is 10.6 Å². The third-order valence-electron chi connectivity index (χ3n) is 4.34. The van der Waals surface area contributed by atoms with Crippen LogP contribution in [0.1, 0.15) is 48.8 Å². The van der Waals surface area contributed by atoms with Gasteiger partial charge in [-0.25, -0.2) is 9.67 Å². The number of hydrogen-bond donors (Lipinski definition) is 2. The van der Waals surface area contributed by atoms with Crippen molar-refractivity contribution in [3.8, 4) is 0 Å². The Hall–Kier alpha value is -1.95. The van der Waals surface area contributed by atoms with E-state index in [1.54, 1.807) is 6.20 Å². The fourth-order valence-corrected chi connectivity index (χ4v) is 2.87. The van der Waals surface area contributed by atoms with Crippen LogP contribution in [0.3, 0.4) is 0 Å². The molecule has 1 fully saturated rings. The van der Waals surface area contributed by atoms with Crippen molar-refractivity contribution in [3.05, 3.63) is 23.5 Å². The molecule has 2 aromatic heterocycles. The van der Waals surface area contributed by atoms with Crippen LogP contribution in [0.2, 0.25) is 0 Å². The van der Waals surface area contributed by atoms with Gasteiger partial charge in [0.2, 0.25) is 0 Å². The van der Waals surface area contributed by atoms with Crippen molar-refractivity contribution in [3.63, 3.8) is 0 Å². The molecule has 0 radical (unpaired) electrons. The van der Waals surface area contributed by atoms with Gasteiger partial charge in [-0.1, -0.05) is 6.92 Å². The number of pyridine rings is 1. The Bertz CT molecular complexity index is 687. The quantitative estimate of drug-likeness (QED) is 0.903. The van der Waals surface area contributed by atoms with E-state index in [-0.39, 0.29) is 18.0 Å². The lowest BCUT2D eigenvalue weighted by molar-refractivity contribution is 0.0941. The number of rotatable bonds is 4. The number of nitrogens with zero attached hydrogens (tertiary/aromatic N) is 3. The summed E-state index contributed by atoms with van der Waals surface area (Å²) in [5.41, 5.74) is 2.31. The summed E-state index contributed by atoms with van der Waals surface area (Å²) in [6, 6.07) is 2.32. The minimum atomic E-state index is -0.0344. The maximum atomic E-state index is 12.6. The molecule has 118 valence electrons. The molecular formula is C16H23N5O. The second-order valence-corrected chi connectivity index (χ2v) is 6.06. The number of aryl methyl sites for hydroxylation is 1. The molecule has 22 heavy (non-hydrogen) atoms. The van der Waals surface area contributed by atoms with E-state index in [9.17, 15) is 4.79 Å². The first-order valence-corrected chi connectivity index (χ1v) is 7.96. The third-order valence-corrected chi connectivity index (χ3v) is 4.34. The smallest absolute Gasteiger partial charge is 0.252 e. The van der Waals surface area contributed by atoms with Crippen molar-refractivity contribution in [2.24, 2.45) is 0 Å². The van der Waals surface area contributed by atoms with Gasteiger partial charge in [0, 0.05) is 18.3 Å². The highest BCUT2D eigenvalue weighted by Crippen LogP contribution is 2.22. The Labute approximate surface area is 130 Å². The average Bonchev–Trinajstić information content (AvgIpc) is 3.14. The van der Waals surface area contributed by atoms with Gasteiger partial charge in [-0.05, 0) is 39.3 Å². The molecule has 6 nitrogen and oxygen atoms in total. The van der Waals surface area contributed by atoms with E-state index in [0.29, 0.717) is 5.56 Å². The second kappa shape index (κ2) is 6.04. The van der Waals surface area contributed by atoms with E-state index >= 15 is 0 Å². The van der Waals surface area contributed by atoms with Crippen molar-refractivity contribution in [1.29, 1.82) is 0 Å². The number of carbonyl (C=O) groups excluding carboxylic acids is 1. The Balaban J connectivity index is 1.98. The van der Waals surface area contributed by atoms with Gasteiger partial charge >= 0.3 is 0 Å². The van der Waals surface area contributed by atoms with Gasteiger partial charge in [-0.3, -0.25) is 4.79 Å². The zero-order chi connectivity index (χ0) is 15.7. The van der Waals surface area contributed by atoms with Crippen LogP contribution in [-0.4, -0.2) is 39.8 Å². The lowest BCUT2D eigenvalue weighted by Crippen LogP contribution is -2.36. The summed E-state index contributed by atoms with van der Waals surface area (Å²) in [7, 11) is 0. The molecule has 1 amide bonds. The zero-order valence-corrected chi connectivity index (χ0v) is 13.4. The number of aromatic nitrogens is 3. The SMILES string of the molecule is CCC(C)n1ncc2c(C(=O)NC3CCNC3)cc(C)nc21. The van der Waals surface area contributed by atoms with Crippen LogP contribution in [0.4, 0.5) is 0 Å². The molecule has 0 aromatic carbocycles. The minimum Gasteiger partial charge on any atom is -0.348 e. The molecule has 2 atom stereocenters. The lowest BCUT2D eigenvalue weighted by atomic mass is 10.1. The van der Waals surface area contributed by atoms with Gasteiger partial charge in [-0.2, -0.15) is 5.10 Å². The molecule has 0 aliphatic carbocycles. The van der Waals surface area contributed by atoms with E-state index in [1.807, 2.05) is 17.7 Å². The van der Waals surface area contributed by atoms with Crippen LogP contribution in [0.15, 0.2) is 12.3 Å². The maximum absolute atomic E-state index is 12.6. The van der Waals surface area contributed by atoms with Gasteiger partial charge in [0.25, 0.3) is 5.91 Å².